The van der Waals surface area contributed by atoms with Gasteiger partial charge in [0.25, 0.3) is 0 Å². The molecule has 0 aromatic carbocycles. The molecular formula is F6Si2. The number of hydrogen-bond acceptors (Lipinski definition) is 0. The predicted octanol–water partition coefficient (Wildman–Crippen LogP) is 1.76. The van der Waals surface area contributed by atoms with Gasteiger partial charge in [-0.3, -0.25) is 0 Å². The molecule has 0 bridgehead atoms. The molecule has 8 heavy (non-hydrogen) atoms. The largest absolute Gasteiger partial charge is 0.705 e. The van der Waals surface area contributed by atoms with Gasteiger partial charge in [-0.25, -0.2) is 24.6 Å². The molecule has 0 aliphatic rings. The summed E-state index contributed by atoms with van der Waals surface area (Å²) < 4.78 is 58.6. The van der Waals surface area contributed by atoms with Crippen LogP contribution in [0.4, 0.5) is 24.6 Å². The van der Waals surface area contributed by atoms with Crippen molar-refractivity contribution >= 4 is 19.6 Å². The summed E-state index contributed by atoms with van der Waals surface area (Å²) in [6.45, 7) is 0. The third-order valence-electron chi connectivity index (χ3n) is 0. The van der Waals surface area contributed by atoms with E-state index < -0.39 is 19.6 Å². The molecule has 2 radical (unpaired) electrons. The topological polar surface area (TPSA) is 0 Å². The first kappa shape index (κ1) is 10.9. The molecule has 0 aromatic rings. The fourth-order valence-electron chi connectivity index (χ4n) is 0. The zero-order chi connectivity index (χ0) is 7.15. The molecule has 0 unspecified atom stereocenters. The molecule has 0 amide bonds. The van der Waals surface area contributed by atoms with Gasteiger partial charge in [-0.15, -0.1) is 0 Å². The number of hydrogen-bond donors (Lipinski definition) is 0. The molecular weight excluding hydrogens is 170 g/mol. The van der Waals surface area contributed by atoms with Crippen molar-refractivity contribution in [2.24, 2.45) is 0 Å². The average molecular weight is 170 g/mol. The summed E-state index contributed by atoms with van der Waals surface area (Å²) in [5, 5.41) is 0. The standard InChI is InChI=1S/2F3Si/c2*1-4(2)3. The van der Waals surface area contributed by atoms with E-state index in [1.54, 1.807) is 0 Å². The van der Waals surface area contributed by atoms with Crippen molar-refractivity contribution in [1.29, 1.82) is 0 Å². The second-order valence-corrected chi connectivity index (χ2v) is 1.29. The van der Waals surface area contributed by atoms with Crippen LogP contribution >= 0.6 is 0 Å². The highest BCUT2D eigenvalue weighted by Gasteiger charge is 2.03. The summed E-state index contributed by atoms with van der Waals surface area (Å²) in [5.41, 5.74) is 0. The van der Waals surface area contributed by atoms with Gasteiger partial charge < -0.3 is 0 Å². The maximum atomic E-state index is 9.77. The van der Waals surface area contributed by atoms with Crippen molar-refractivity contribution in [3.05, 3.63) is 0 Å². The van der Waals surface area contributed by atoms with Crippen LogP contribution in [0.1, 0.15) is 0 Å². The smallest absolute Gasteiger partial charge is 0.235 e. The van der Waals surface area contributed by atoms with Crippen molar-refractivity contribution in [1.82, 2.24) is 0 Å². The lowest BCUT2D eigenvalue weighted by Gasteiger charge is -1.56. The van der Waals surface area contributed by atoms with Crippen LogP contribution in [0.3, 0.4) is 0 Å². The van der Waals surface area contributed by atoms with Crippen molar-refractivity contribution in [3.63, 3.8) is 0 Å². The highest BCUT2D eigenvalue weighted by atomic mass is 28.4. The van der Waals surface area contributed by atoms with E-state index in [0.717, 1.165) is 0 Å². The highest BCUT2D eigenvalue weighted by Crippen LogP contribution is 1.80. The van der Waals surface area contributed by atoms with Gasteiger partial charge in [0.1, 0.15) is 0 Å². The Morgan fingerprint density at radius 2 is 0.500 bits per heavy atom. The monoisotopic (exact) mass is 170 g/mol. The molecule has 50 valence electrons. The Morgan fingerprint density at radius 3 is 0.500 bits per heavy atom. The molecule has 0 nitrogen and oxygen atoms in total. The van der Waals surface area contributed by atoms with Crippen molar-refractivity contribution < 1.29 is 24.6 Å². The minimum absolute atomic E-state index is 4.38. The summed E-state index contributed by atoms with van der Waals surface area (Å²) in [4.78, 5) is 0. The molecule has 8 heteroatoms. The molecule has 0 aromatic heterocycles. The molecule has 0 aliphatic heterocycles. The molecule has 0 atom stereocenters. The second-order valence-electron chi connectivity index (χ2n) is 0.429. The Labute approximate surface area is 45.4 Å². The van der Waals surface area contributed by atoms with Gasteiger partial charge in [-0.05, 0) is 0 Å². The Balaban J connectivity index is 0. The average Bonchev–Trinajstić information content (AvgIpc) is 1.25. The van der Waals surface area contributed by atoms with Crippen molar-refractivity contribution in [2.45, 2.75) is 0 Å². The van der Waals surface area contributed by atoms with Gasteiger partial charge in [0, 0.05) is 0 Å². The normalized spacial score (nSPS) is 9.00. The second kappa shape index (κ2) is 7.01. The van der Waals surface area contributed by atoms with Crippen LogP contribution < -0.4 is 0 Å². The quantitative estimate of drug-likeness (QED) is 0.295. The van der Waals surface area contributed by atoms with E-state index in [9.17, 15) is 24.6 Å². The van der Waals surface area contributed by atoms with Crippen LogP contribution in [0.25, 0.3) is 0 Å². The fourth-order valence-corrected chi connectivity index (χ4v) is 0. The van der Waals surface area contributed by atoms with E-state index in [1.165, 1.54) is 0 Å². The van der Waals surface area contributed by atoms with Crippen LogP contribution in [0.15, 0.2) is 0 Å². The maximum absolute atomic E-state index is 9.77. The molecule has 0 rings (SSSR count). The lowest BCUT2D eigenvalue weighted by molar-refractivity contribution is 0.533. The van der Waals surface area contributed by atoms with E-state index in [1.807, 2.05) is 0 Å². The van der Waals surface area contributed by atoms with Gasteiger partial charge in [-0.1, -0.05) is 0 Å². The lowest BCUT2D eigenvalue weighted by atomic mass is 18.7. The third-order valence-corrected chi connectivity index (χ3v) is 0. The van der Waals surface area contributed by atoms with Gasteiger partial charge in [0.05, 0.1) is 0 Å². The molecule has 0 aliphatic carbocycles. The van der Waals surface area contributed by atoms with Gasteiger partial charge in [0.2, 0.25) is 0 Å². The maximum Gasteiger partial charge on any atom is 0.705 e. The van der Waals surface area contributed by atoms with Crippen LogP contribution in [0, 0.1) is 0 Å². The zero-order valence-corrected chi connectivity index (χ0v) is 5.27. The first-order valence-corrected chi connectivity index (χ1v) is 3.40. The van der Waals surface area contributed by atoms with Gasteiger partial charge >= 0.3 is 19.6 Å². The summed E-state index contributed by atoms with van der Waals surface area (Å²) in [5.74, 6) is 0. The van der Waals surface area contributed by atoms with Crippen LogP contribution in [0.2, 0.25) is 0 Å². The fraction of sp³-hybridized carbons (Fsp3) is 0. The molecule has 0 spiro atoms. The molecule has 0 saturated heterocycles. The first-order valence-electron chi connectivity index (χ1n) is 1.13. The van der Waals surface area contributed by atoms with E-state index in [2.05, 4.69) is 0 Å². The van der Waals surface area contributed by atoms with Crippen LogP contribution in [0.5, 0.6) is 0 Å². The molecule has 0 saturated carbocycles. The van der Waals surface area contributed by atoms with E-state index in [4.69, 9.17) is 0 Å². The molecule has 0 heterocycles. The van der Waals surface area contributed by atoms with Crippen molar-refractivity contribution in [2.75, 3.05) is 0 Å². The van der Waals surface area contributed by atoms with E-state index in [-0.39, 0.29) is 0 Å². The Bertz CT molecular complexity index is 22.0. The van der Waals surface area contributed by atoms with Crippen molar-refractivity contribution in [3.8, 4) is 0 Å². The Morgan fingerprint density at radius 1 is 0.500 bits per heavy atom. The summed E-state index contributed by atoms with van der Waals surface area (Å²) in [7, 11) is -8.76. The van der Waals surface area contributed by atoms with Crippen LogP contribution in [-0.2, 0) is 0 Å². The number of halogens is 6. The highest BCUT2D eigenvalue weighted by molar-refractivity contribution is 6.33. The lowest BCUT2D eigenvalue weighted by Crippen LogP contribution is -1.76. The predicted molar refractivity (Wildman–Crippen MR) is 18.2 cm³/mol. The van der Waals surface area contributed by atoms with Crippen LogP contribution in [-0.4, -0.2) is 19.6 Å². The Kier molecular flexibility index (Phi) is 9.56. The summed E-state index contributed by atoms with van der Waals surface area (Å²) in [6, 6.07) is 0. The minimum Gasteiger partial charge on any atom is -0.235 e. The zero-order valence-electron chi connectivity index (χ0n) is 3.27. The SMILES string of the molecule is F[Si](F)F.F[Si](F)F. The Hall–Kier alpha value is 0.0138. The minimum atomic E-state index is -4.38. The van der Waals surface area contributed by atoms with E-state index >= 15 is 0 Å². The summed E-state index contributed by atoms with van der Waals surface area (Å²) >= 11 is 0. The molecule has 0 fully saturated rings. The third kappa shape index (κ3) is 798000. The summed E-state index contributed by atoms with van der Waals surface area (Å²) in [6.07, 6.45) is 0. The molecule has 0 N–H and O–H groups in total. The van der Waals surface area contributed by atoms with Gasteiger partial charge in [-0.2, -0.15) is 0 Å². The van der Waals surface area contributed by atoms with Gasteiger partial charge in [0.15, 0.2) is 0 Å². The van der Waals surface area contributed by atoms with E-state index in [0.29, 0.717) is 0 Å². The first-order chi connectivity index (χ1) is 3.46. The number of rotatable bonds is 0.